The van der Waals surface area contributed by atoms with E-state index in [1.165, 1.54) is 14.2 Å². The van der Waals surface area contributed by atoms with Crippen molar-refractivity contribution < 1.29 is 36.2 Å². The van der Waals surface area contributed by atoms with E-state index in [4.69, 9.17) is 14.2 Å². The highest BCUT2D eigenvalue weighted by Gasteiger charge is 2.26. The molecule has 0 aliphatic heterocycles. The van der Waals surface area contributed by atoms with Crippen molar-refractivity contribution in [2.24, 2.45) is 0 Å². The molecule has 0 unspecified atom stereocenters. The molecule has 0 amide bonds. The zero-order chi connectivity index (χ0) is 19.3. The smallest absolute Gasteiger partial charge is 0.341 e. The maximum atomic E-state index is 12.5. The Labute approximate surface area is 149 Å². The van der Waals surface area contributed by atoms with Crippen LogP contribution in [0.15, 0.2) is 47.4 Å². The van der Waals surface area contributed by atoms with Crippen LogP contribution in [0.25, 0.3) is 0 Å². The van der Waals surface area contributed by atoms with Gasteiger partial charge in [0.25, 0.3) is 0 Å². The fraction of sp³-hybridized carbons (Fsp3) is 0.235. The van der Waals surface area contributed by atoms with Crippen molar-refractivity contribution >= 4 is 15.8 Å². The lowest BCUT2D eigenvalue weighted by atomic mass is 10.2. The Hall–Kier alpha value is -2.68. The third-order valence-corrected chi connectivity index (χ3v) is 4.90. The number of rotatable bonds is 7. The predicted molar refractivity (Wildman–Crippen MR) is 88.3 cm³/mol. The lowest BCUT2D eigenvalue weighted by Gasteiger charge is -2.11. The molecule has 140 valence electrons. The average Bonchev–Trinajstić information content (AvgIpc) is 2.65. The largest absolute Gasteiger partial charge is 0.497 e. The minimum absolute atomic E-state index is 0.0279. The first-order valence-corrected chi connectivity index (χ1v) is 8.84. The van der Waals surface area contributed by atoms with E-state index in [1.807, 2.05) is 0 Å². The van der Waals surface area contributed by atoms with Crippen molar-refractivity contribution in [3.63, 3.8) is 0 Å². The molecule has 6 nitrogen and oxygen atoms in total. The van der Waals surface area contributed by atoms with Crippen LogP contribution in [0.2, 0.25) is 0 Å². The molecule has 0 aromatic heterocycles. The van der Waals surface area contributed by atoms with Crippen LogP contribution >= 0.6 is 0 Å². The van der Waals surface area contributed by atoms with E-state index in [0.29, 0.717) is 17.1 Å². The predicted octanol–water partition coefficient (Wildman–Crippen LogP) is 3.06. The molecule has 0 fully saturated rings. The molecule has 0 aliphatic rings. The molecule has 0 atom stereocenters. The normalized spacial score (nSPS) is 11.3. The van der Waals surface area contributed by atoms with Gasteiger partial charge in [-0.1, -0.05) is 0 Å². The molecule has 0 radical (unpaired) electrons. The van der Waals surface area contributed by atoms with Crippen LogP contribution in [-0.2, 0) is 21.2 Å². The van der Waals surface area contributed by atoms with Gasteiger partial charge in [0.2, 0.25) is 9.84 Å². The number of methoxy groups -OCH3 is 2. The molecular formula is C17H16F2O6S. The molecule has 2 aromatic rings. The van der Waals surface area contributed by atoms with Crippen LogP contribution < -0.4 is 9.47 Å². The number of carbonyl (C=O) groups excluding carboxylic acids is 1. The number of ether oxygens (including phenoxy) is 3. The van der Waals surface area contributed by atoms with E-state index >= 15 is 0 Å². The Morgan fingerprint density at radius 2 is 1.69 bits per heavy atom. The highest BCUT2D eigenvalue weighted by molar-refractivity contribution is 7.91. The van der Waals surface area contributed by atoms with Crippen LogP contribution in [0.4, 0.5) is 8.78 Å². The van der Waals surface area contributed by atoms with Crippen LogP contribution in [0.1, 0.15) is 15.9 Å². The second kappa shape index (κ2) is 8.13. The number of esters is 1. The molecule has 0 heterocycles. The number of halogens is 2. The van der Waals surface area contributed by atoms with Crippen molar-refractivity contribution in [2.45, 2.75) is 17.3 Å². The van der Waals surface area contributed by atoms with Gasteiger partial charge in [0.05, 0.1) is 24.7 Å². The highest BCUT2D eigenvalue weighted by Crippen LogP contribution is 2.25. The third-order valence-electron chi connectivity index (χ3n) is 3.50. The molecule has 0 saturated heterocycles. The lowest BCUT2D eigenvalue weighted by Crippen LogP contribution is -2.12. The highest BCUT2D eigenvalue weighted by atomic mass is 32.2. The Morgan fingerprint density at radius 3 is 2.23 bits per heavy atom. The average molecular weight is 386 g/mol. The Kier molecular flexibility index (Phi) is 6.14. The third kappa shape index (κ3) is 4.29. The van der Waals surface area contributed by atoms with Gasteiger partial charge in [-0.05, 0) is 42.5 Å². The first-order valence-electron chi connectivity index (χ1n) is 7.29. The molecule has 26 heavy (non-hydrogen) atoms. The summed E-state index contributed by atoms with van der Waals surface area (Å²) in [7, 11) is -1.75. The van der Waals surface area contributed by atoms with Crippen molar-refractivity contribution in [3.8, 4) is 11.5 Å². The van der Waals surface area contributed by atoms with Gasteiger partial charge in [-0.2, -0.15) is 8.78 Å². The first-order chi connectivity index (χ1) is 12.3. The number of carbonyl (C=O) groups is 1. The maximum Gasteiger partial charge on any atom is 0.341 e. The second-order valence-electron chi connectivity index (χ2n) is 5.08. The van der Waals surface area contributed by atoms with Gasteiger partial charge in [0.1, 0.15) is 18.1 Å². The monoisotopic (exact) mass is 386 g/mol. The summed E-state index contributed by atoms with van der Waals surface area (Å²) in [4.78, 5) is 11.5. The van der Waals surface area contributed by atoms with Gasteiger partial charge < -0.3 is 14.2 Å². The number of hydrogen-bond acceptors (Lipinski definition) is 6. The van der Waals surface area contributed by atoms with Gasteiger partial charge in [-0.25, -0.2) is 13.2 Å². The number of alkyl halides is 2. The maximum absolute atomic E-state index is 12.5. The number of hydrogen-bond donors (Lipinski definition) is 0. The molecule has 0 saturated carbocycles. The van der Waals surface area contributed by atoms with Gasteiger partial charge in [0, 0.05) is 5.56 Å². The SMILES string of the molecule is COc1ccc(OC)c(COC(=O)c2ccc(S(=O)(=O)C(F)F)cc2)c1. The van der Waals surface area contributed by atoms with Crippen LogP contribution in [0, 0.1) is 0 Å². The second-order valence-corrected chi connectivity index (χ2v) is 7.00. The van der Waals surface area contributed by atoms with E-state index in [9.17, 15) is 22.0 Å². The van der Waals surface area contributed by atoms with Crippen LogP contribution in [0.3, 0.4) is 0 Å². The summed E-state index contributed by atoms with van der Waals surface area (Å²) >= 11 is 0. The minimum Gasteiger partial charge on any atom is -0.497 e. The zero-order valence-electron chi connectivity index (χ0n) is 13.9. The summed E-state index contributed by atoms with van der Waals surface area (Å²) < 4.78 is 63.1. The lowest BCUT2D eigenvalue weighted by molar-refractivity contribution is 0.0469. The van der Waals surface area contributed by atoms with Crippen molar-refractivity contribution in [1.82, 2.24) is 0 Å². The van der Waals surface area contributed by atoms with Crippen LogP contribution in [-0.4, -0.2) is 34.4 Å². The van der Waals surface area contributed by atoms with Gasteiger partial charge in [0.15, 0.2) is 0 Å². The Balaban J connectivity index is 2.12. The van der Waals surface area contributed by atoms with E-state index < -0.39 is 26.5 Å². The molecule has 2 rings (SSSR count). The molecule has 0 spiro atoms. The summed E-state index contributed by atoms with van der Waals surface area (Å²) in [5.41, 5.74) is 0.595. The van der Waals surface area contributed by atoms with Crippen LogP contribution in [0.5, 0.6) is 11.5 Å². The van der Waals surface area contributed by atoms with Crippen molar-refractivity contribution in [2.75, 3.05) is 14.2 Å². The quantitative estimate of drug-likeness (QED) is 0.681. The molecule has 0 bridgehead atoms. The molecule has 0 aliphatic carbocycles. The number of benzene rings is 2. The Bertz CT molecular complexity index is 879. The zero-order valence-corrected chi connectivity index (χ0v) is 14.8. The molecular weight excluding hydrogens is 370 g/mol. The summed E-state index contributed by atoms with van der Waals surface area (Å²) in [6.45, 7) is -0.115. The topological polar surface area (TPSA) is 78.9 Å². The summed E-state index contributed by atoms with van der Waals surface area (Å²) in [6, 6.07) is 9.08. The van der Waals surface area contributed by atoms with Gasteiger partial charge in [-0.3, -0.25) is 0 Å². The summed E-state index contributed by atoms with van der Waals surface area (Å²) in [5.74, 6) is -3.22. The van der Waals surface area contributed by atoms with E-state index in [2.05, 4.69) is 0 Å². The molecule has 0 N–H and O–H groups in total. The fourth-order valence-electron chi connectivity index (χ4n) is 2.10. The van der Waals surface area contributed by atoms with Crippen molar-refractivity contribution in [3.05, 3.63) is 53.6 Å². The summed E-state index contributed by atoms with van der Waals surface area (Å²) in [6.07, 6.45) is 0. The first kappa shape index (κ1) is 19.6. The van der Waals surface area contributed by atoms with E-state index in [0.717, 1.165) is 24.3 Å². The molecule has 2 aromatic carbocycles. The standard InChI is InChI=1S/C17H16F2O6S/c1-23-13-5-8-15(24-2)12(9-13)10-25-16(20)11-3-6-14(7-4-11)26(21,22)17(18)19/h3-9,17H,10H2,1-2H3. The van der Waals surface area contributed by atoms with Gasteiger partial charge >= 0.3 is 11.7 Å². The minimum atomic E-state index is -4.71. The Morgan fingerprint density at radius 1 is 1.04 bits per heavy atom. The van der Waals surface area contributed by atoms with Crippen molar-refractivity contribution in [1.29, 1.82) is 0 Å². The number of sulfone groups is 1. The van der Waals surface area contributed by atoms with Gasteiger partial charge in [-0.15, -0.1) is 0 Å². The van der Waals surface area contributed by atoms with E-state index in [-0.39, 0.29) is 12.2 Å². The fourth-order valence-corrected chi connectivity index (χ4v) is 2.83. The summed E-state index contributed by atoms with van der Waals surface area (Å²) in [5, 5.41) is 0. The molecule has 9 heteroatoms. The van der Waals surface area contributed by atoms with E-state index in [1.54, 1.807) is 18.2 Å².